The third-order valence-corrected chi connectivity index (χ3v) is 5.96. The highest BCUT2D eigenvalue weighted by Gasteiger charge is 2.15. The van der Waals surface area contributed by atoms with Crippen molar-refractivity contribution in [2.24, 2.45) is 0 Å². The molecule has 0 aliphatic carbocycles. The second-order valence-electron chi connectivity index (χ2n) is 6.57. The minimum Gasteiger partial charge on any atom is -0.265 e. The van der Waals surface area contributed by atoms with Crippen LogP contribution in [0.1, 0.15) is 5.56 Å². The summed E-state index contributed by atoms with van der Waals surface area (Å²) in [6.07, 6.45) is 5.48. The molecule has 0 saturated heterocycles. The van der Waals surface area contributed by atoms with E-state index < -0.39 is 10.0 Å². The summed E-state index contributed by atoms with van der Waals surface area (Å²) in [5, 5.41) is 4.81. The zero-order chi connectivity index (χ0) is 20.3. The number of para-hydroxylation sites is 1. The van der Waals surface area contributed by atoms with Crippen LogP contribution in [0.25, 0.3) is 28.1 Å². The zero-order valence-corrected chi connectivity index (χ0v) is 16.7. The van der Waals surface area contributed by atoms with E-state index in [0.717, 1.165) is 33.6 Å². The van der Waals surface area contributed by atoms with Gasteiger partial charge in [0.05, 0.1) is 11.4 Å². The van der Waals surface area contributed by atoms with Gasteiger partial charge in [-0.25, -0.2) is 17.8 Å². The summed E-state index contributed by atoms with van der Waals surface area (Å²) in [7, 11) is -1.89. The normalized spacial score (nSPS) is 11.5. The van der Waals surface area contributed by atoms with E-state index in [1.807, 2.05) is 77.6 Å². The summed E-state index contributed by atoms with van der Waals surface area (Å²) in [6.45, 7) is 0. The van der Waals surface area contributed by atoms with Crippen molar-refractivity contribution in [3.63, 3.8) is 0 Å². The molecule has 7 heteroatoms. The fourth-order valence-electron chi connectivity index (χ4n) is 3.09. The Balaban J connectivity index is 1.77. The van der Waals surface area contributed by atoms with Crippen LogP contribution >= 0.6 is 0 Å². The van der Waals surface area contributed by atoms with Gasteiger partial charge in [0.15, 0.2) is 0 Å². The molecule has 4 rings (SSSR count). The van der Waals surface area contributed by atoms with E-state index in [9.17, 15) is 8.42 Å². The van der Waals surface area contributed by atoms with Gasteiger partial charge in [-0.3, -0.25) is 4.98 Å². The van der Waals surface area contributed by atoms with Gasteiger partial charge < -0.3 is 0 Å². The Kier molecular flexibility index (Phi) is 5.24. The lowest BCUT2D eigenvalue weighted by atomic mass is 10.0. The minimum atomic E-state index is -3.31. The first-order valence-electron chi connectivity index (χ1n) is 9.12. The van der Waals surface area contributed by atoms with Gasteiger partial charge >= 0.3 is 0 Å². The SMILES string of the molecule is CNS(=O)(=O)Cc1ccc(-c2cn(-c3ccccc3)nc2-c2ccncc2)cc1. The molecule has 4 aromatic rings. The van der Waals surface area contributed by atoms with E-state index in [2.05, 4.69) is 9.71 Å². The number of aromatic nitrogens is 3. The van der Waals surface area contributed by atoms with Crippen LogP contribution in [0.15, 0.2) is 85.3 Å². The molecule has 2 aromatic heterocycles. The maximum Gasteiger partial charge on any atom is 0.215 e. The van der Waals surface area contributed by atoms with Crippen LogP contribution < -0.4 is 4.72 Å². The van der Waals surface area contributed by atoms with E-state index in [1.165, 1.54) is 7.05 Å². The van der Waals surface area contributed by atoms with Gasteiger partial charge in [0.25, 0.3) is 0 Å². The molecule has 0 atom stereocenters. The Morgan fingerprint density at radius 3 is 2.24 bits per heavy atom. The molecule has 0 unspecified atom stereocenters. The molecular formula is C22H20N4O2S. The molecule has 0 fully saturated rings. The highest BCUT2D eigenvalue weighted by Crippen LogP contribution is 2.32. The predicted molar refractivity (Wildman–Crippen MR) is 114 cm³/mol. The first-order chi connectivity index (χ1) is 14.1. The highest BCUT2D eigenvalue weighted by molar-refractivity contribution is 7.88. The van der Waals surface area contributed by atoms with Crippen molar-refractivity contribution in [3.05, 3.63) is 90.9 Å². The number of hydrogen-bond acceptors (Lipinski definition) is 4. The van der Waals surface area contributed by atoms with Gasteiger partial charge in [-0.05, 0) is 42.4 Å². The molecule has 2 heterocycles. The molecule has 29 heavy (non-hydrogen) atoms. The molecule has 0 spiro atoms. The largest absolute Gasteiger partial charge is 0.265 e. The molecule has 0 aliphatic heterocycles. The molecule has 0 radical (unpaired) electrons. The lowest BCUT2D eigenvalue weighted by Crippen LogP contribution is -2.20. The fourth-order valence-corrected chi connectivity index (χ4v) is 3.87. The maximum absolute atomic E-state index is 11.8. The quantitative estimate of drug-likeness (QED) is 0.532. The number of nitrogens with one attached hydrogen (secondary N) is 1. The Hall–Kier alpha value is -3.29. The number of nitrogens with zero attached hydrogens (tertiary/aromatic N) is 3. The zero-order valence-electron chi connectivity index (χ0n) is 15.9. The lowest BCUT2D eigenvalue weighted by Gasteiger charge is -2.05. The molecular weight excluding hydrogens is 384 g/mol. The summed E-state index contributed by atoms with van der Waals surface area (Å²) in [5.74, 6) is -0.0513. The number of pyridine rings is 1. The van der Waals surface area contributed by atoms with E-state index in [-0.39, 0.29) is 5.75 Å². The lowest BCUT2D eigenvalue weighted by molar-refractivity contribution is 0.587. The number of benzene rings is 2. The molecule has 0 amide bonds. The summed E-state index contributed by atoms with van der Waals surface area (Å²) in [6, 6.07) is 21.3. The number of rotatable bonds is 6. The van der Waals surface area contributed by atoms with Crippen molar-refractivity contribution in [3.8, 4) is 28.1 Å². The van der Waals surface area contributed by atoms with Gasteiger partial charge in [-0.15, -0.1) is 0 Å². The Bertz CT molecular complexity index is 1200. The third-order valence-electron chi connectivity index (χ3n) is 4.62. The molecule has 146 valence electrons. The Morgan fingerprint density at radius 1 is 0.897 bits per heavy atom. The number of hydrogen-bond donors (Lipinski definition) is 1. The van der Waals surface area contributed by atoms with Crippen molar-refractivity contribution >= 4 is 10.0 Å². The molecule has 2 aromatic carbocycles. The summed E-state index contributed by atoms with van der Waals surface area (Å²) in [4.78, 5) is 4.09. The first-order valence-corrected chi connectivity index (χ1v) is 10.8. The van der Waals surface area contributed by atoms with E-state index in [0.29, 0.717) is 0 Å². The summed E-state index contributed by atoms with van der Waals surface area (Å²) in [5.41, 5.74) is 5.42. The first kappa shape index (κ1) is 19.0. The van der Waals surface area contributed by atoms with Gasteiger partial charge in [0.2, 0.25) is 10.0 Å². The van der Waals surface area contributed by atoms with Crippen LogP contribution in [0.2, 0.25) is 0 Å². The summed E-state index contributed by atoms with van der Waals surface area (Å²) < 4.78 is 27.8. The smallest absolute Gasteiger partial charge is 0.215 e. The van der Waals surface area contributed by atoms with Crippen molar-refractivity contribution < 1.29 is 8.42 Å². The van der Waals surface area contributed by atoms with E-state index in [4.69, 9.17) is 5.10 Å². The van der Waals surface area contributed by atoms with Crippen LogP contribution in [0.3, 0.4) is 0 Å². The van der Waals surface area contributed by atoms with Crippen LogP contribution in [0.4, 0.5) is 0 Å². The van der Waals surface area contributed by atoms with Gasteiger partial charge in [0, 0.05) is 29.7 Å². The minimum absolute atomic E-state index is 0.0513. The van der Waals surface area contributed by atoms with Crippen LogP contribution in [0.5, 0.6) is 0 Å². The second-order valence-corrected chi connectivity index (χ2v) is 8.49. The Morgan fingerprint density at radius 2 is 1.59 bits per heavy atom. The summed E-state index contributed by atoms with van der Waals surface area (Å²) >= 11 is 0. The highest BCUT2D eigenvalue weighted by atomic mass is 32.2. The Labute approximate surface area is 169 Å². The fraction of sp³-hybridized carbons (Fsp3) is 0.0909. The van der Waals surface area contributed by atoms with Crippen LogP contribution in [0, 0.1) is 0 Å². The standard InChI is InChI=1S/C22H20N4O2S/c1-23-29(27,28)16-17-7-9-18(10-8-17)21-15-26(20-5-3-2-4-6-20)25-22(21)19-11-13-24-14-12-19/h2-15,23H,16H2,1H3. The molecule has 0 aliphatic rings. The van der Waals surface area contributed by atoms with Gasteiger partial charge in [0.1, 0.15) is 5.69 Å². The predicted octanol–water partition coefficient (Wildman–Crippen LogP) is 3.65. The maximum atomic E-state index is 11.8. The average Bonchev–Trinajstić information content (AvgIpc) is 3.21. The van der Waals surface area contributed by atoms with E-state index >= 15 is 0 Å². The average molecular weight is 404 g/mol. The monoisotopic (exact) mass is 404 g/mol. The third kappa shape index (κ3) is 4.26. The molecule has 6 nitrogen and oxygen atoms in total. The van der Waals surface area contributed by atoms with Gasteiger partial charge in [-0.2, -0.15) is 5.10 Å². The second kappa shape index (κ2) is 7.98. The molecule has 0 bridgehead atoms. The van der Waals surface area contributed by atoms with Crippen LogP contribution in [-0.2, 0) is 15.8 Å². The van der Waals surface area contributed by atoms with Crippen molar-refractivity contribution in [1.29, 1.82) is 0 Å². The topological polar surface area (TPSA) is 76.9 Å². The van der Waals surface area contributed by atoms with Crippen molar-refractivity contribution in [2.45, 2.75) is 5.75 Å². The molecule has 1 N–H and O–H groups in total. The molecule has 0 saturated carbocycles. The van der Waals surface area contributed by atoms with E-state index in [1.54, 1.807) is 12.4 Å². The van der Waals surface area contributed by atoms with Crippen molar-refractivity contribution in [2.75, 3.05) is 7.05 Å². The number of sulfonamides is 1. The van der Waals surface area contributed by atoms with Gasteiger partial charge in [-0.1, -0.05) is 42.5 Å². The van der Waals surface area contributed by atoms with Crippen LogP contribution in [-0.4, -0.2) is 30.2 Å². The van der Waals surface area contributed by atoms with Crippen molar-refractivity contribution in [1.82, 2.24) is 19.5 Å².